The van der Waals surface area contributed by atoms with Gasteiger partial charge in [0.15, 0.2) is 0 Å². The third-order valence-electron chi connectivity index (χ3n) is 5.88. The number of unbranched alkanes of at least 4 members (excludes halogenated alkanes) is 2. The molecule has 1 heterocycles. The summed E-state index contributed by atoms with van der Waals surface area (Å²) in [4.78, 5) is 38.5. The van der Waals surface area contributed by atoms with Crippen molar-refractivity contribution in [3.8, 4) is 0 Å². The van der Waals surface area contributed by atoms with Gasteiger partial charge in [-0.25, -0.2) is 4.79 Å². The molecule has 0 radical (unpaired) electrons. The van der Waals surface area contributed by atoms with Crippen molar-refractivity contribution in [2.24, 2.45) is 5.73 Å². The summed E-state index contributed by atoms with van der Waals surface area (Å²) in [6.07, 6.45) is 3.88. The summed E-state index contributed by atoms with van der Waals surface area (Å²) in [5.74, 6) is -0.140. The SMILES string of the molecule is NC(=O)OCc1ccccc1.O=C(COCc1ccccc1)NCCCCCC(=O)Nc1cccc2cccnc12. The van der Waals surface area contributed by atoms with Gasteiger partial charge < -0.3 is 25.8 Å². The third-order valence-corrected chi connectivity index (χ3v) is 5.88. The lowest BCUT2D eigenvalue weighted by molar-refractivity contribution is -0.126. The first-order valence-electron chi connectivity index (χ1n) is 13.5. The summed E-state index contributed by atoms with van der Waals surface area (Å²) >= 11 is 0. The van der Waals surface area contributed by atoms with Crippen molar-refractivity contribution in [3.63, 3.8) is 0 Å². The topological polar surface area (TPSA) is 133 Å². The highest BCUT2D eigenvalue weighted by Gasteiger charge is 2.07. The van der Waals surface area contributed by atoms with Gasteiger partial charge in [0.1, 0.15) is 13.2 Å². The fourth-order valence-corrected chi connectivity index (χ4v) is 3.85. The molecule has 9 nitrogen and oxygen atoms in total. The van der Waals surface area contributed by atoms with E-state index < -0.39 is 6.09 Å². The summed E-state index contributed by atoms with van der Waals surface area (Å²) < 4.78 is 9.97. The Kier molecular flexibility index (Phi) is 13.3. The molecule has 3 aromatic carbocycles. The largest absolute Gasteiger partial charge is 0.445 e. The number of carbonyl (C=O) groups is 3. The van der Waals surface area contributed by atoms with Crippen LogP contribution in [0.1, 0.15) is 36.8 Å². The van der Waals surface area contributed by atoms with Crippen molar-refractivity contribution in [1.29, 1.82) is 0 Å². The molecule has 0 fully saturated rings. The first kappa shape index (κ1) is 30.8. The summed E-state index contributed by atoms with van der Waals surface area (Å²) in [6.45, 7) is 1.31. The van der Waals surface area contributed by atoms with Crippen molar-refractivity contribution in [2.75, 3.05) is 18.5 Å². The van der Waals surface area contributed by atoms with Crippen LogP contribution in [-0.4, -0.2) is 36.0 Å². The van der Waals surface area contributed by atoms with E-state index in [0.717, 1.165) is 47.0 Å². The molecule has 3 amide bonds. The number of ether oxygens (including phenoxy) is 2. The molecule has 4 aromatic rings. The Bertz CT molecular complexity index is 1360. The lowest BCUT2D eigenvalue weighted by atomic mass is 10.1. The average Bonchev–Trinajstić information content (AvgIpc) is 2.99. The zero-order chi connectivity index (χ0) is 29.1. The van der Waals surface area contributed by atoms with E-state index in [9.17, 15) is 14.4 Å². The van der Waals surface area contributed by atoms with Crippen molar-refractivity contribution < 1.29 is 23.9 Å². The minimum atomic E-state index is -0.742. The van der Waals surface area contributed by atoms with Crippen LogP contribution in [0, 0.1) is 0 Å². The number of nitrogens with zero attached hydrogens (tertiary/aromatic N) is 1. The number of pyridine rings is 1. The van der Waals surface area contributed by atoms with Gasteiger partial charge in [-0.3, -0.25) is 14.6 Å². The van der Waals surface area contributed by atoms with Crippen LogP contribution in [0.3, 0.4) is 0 Å². The molecular formula is C32H36N4O5. The van der Waals surface area contributed by atoms with Crippen LogP contribution in [0.5, 0.6) is 0 Å². The molecule has 214 valence electrons. The Balaban J connectivity index is 0.000000352. The fourth-order valence-electron chi connectivity index (χ4n) is 3.85. The highest BCUT2D eigenvalue weighted by atomic mass is 16.5. The van der Waals surface area contributed by atoms with Crippen LogP contribution in [0.25, 0.3) is 10.9 Å². The monoisotopic (exact) mass is 556 g/mol. The number of nitrogens with one attached hydrogen (secondary N) is 2. The lowest BCUT2D eigenvalue weighted by Crippen LogP contribution is -2.28. The number of aromatic nitrogens is 1. The minimum Gasteiger partial charge on any atom is -0.445 e. The Morgan fingerprint density at radius 1 is 0.732 bits per heavy atom. The molecule has 41 heavy (non-hydrogen) atoms. The Hall–Kier alpha value is -4.76. The maximum Gasteiger partial charge on any atom is 0.404 e. The quantitative estimate of drug-likeness (QED) is 0.190. The van der Waals surface area contributed by atoms with E-state index >= 15 is 0 Å². The Labute approximate surface area is 240 Å². The second kappa shape index (κ2) is 17.8. The molecule has 0 aliphatic rings. The van der Waals surface area contributed by atoms with Crippen LogP contribution in [0.2, 0.25) is 0 Å². The van der Waals surface area contributed by atoms with Gasteiger partial charge in [-0.05, 0) is 36.1 Å². The van der Waals surface area contributed by atoms with Gasteiger partial charge in [-0.15, -0.1) is 0 Å². The molecule has 1 aromatic heterocycles. The van der Waals surface area contributed by atoms with Crippen molar-refractivity contribution >= 4 is 34.5 Å². The number of para-hydroxylation sites is 1. The molecule has 9 heteroatoms. The minimum absolute atomic E-state index is 0.0218. The first-order valence-corrected chi connectivity index (χ1v) is 13.5. The lowest BCUT2D eigenvalue weighted by Gasteiger charge is -2.08. The van der Waals surface area contributed by atoms with E-state index in [1.165, 1.54) is 0 Å². The number of nitrogens with two attached hydrogens (primary N) is 1. The zero-order valence-corrected chi connectivity index (χ0v) is 23.0. The highest BCUT2D eigenvalue weighted by molar-refractivity contribution is 6.00. The maximum atomic E-state index is 12.2. The molecule has 0 saturated heterocycles. The summed E-state index contributed by atoms with van der Waals surface area (Å²) in [6, 6.07) is 28.7. The second-order valence-corrected chi connectivity index (χ2v) is 9.16. The molecule has 0 spiro atoms. The summed E-state index contributed by atoms with van der Waals surface area (Å²) in [5.41, 5.74) is 8.29. The van der Waals surface area contributed by atoms with E-state index in [0.29, 0.717) is 19.6 Å². The number of carbonyl (C=O) groups excluding carboxylic acids is 3. The van der Waals surface area contributed by atoms with Gasteiger partial charge in [-0.2, -0.15) is 0 Å². The van der Waals surface area contributed by atoms with Crippen LogP contribution in [-0.2, 0) is 32.3 Å². The number of rotatable bonds is 13. The molecule has 0 aliphatic carbocycles. The van der Waals surface area contributed by atoms with Crippen LogP contribution in [0.4, 0.5) is 10.5 Å². The highest BCUT2D eigenvalue weighted by Crippen LogP contribution is 2.21. The summed E-state index contributed by atoms with van der Waals surface area (Å²) in [7, 11) is 0. The normalized spacial score (nSPS) is 10.2. The number of fused-ring (bicyclic) bond motifs is 1. The van der Waals surface area contributed by atoms with E-state index in [1.807, 2.05) is 91.0 Å². The Morgan fingerprint density at radius 3 is 2.12 bits per heavy atom. The first-order chi connectivity index (χ1) is 20.0. The Morgan fingerprint density at radius 2 is 1.41 bits per heavy atom. The molecule has 0 atom stereocenters. The third kappa shape index (κ3) is 12.3. The number of anilines is 1. The number of primary amides is 1. The van der Waals surface area contributed by atoms with E-state index in [4.69, 9.17) is 10.5 Å². The maximum absolute atomic E-state index is 12.2. The molecule has 0 bridgehead atoms. The molecule has 4 N–H and O–H groups in total. The number of benzene rings is 3. The predicted octanol–water partition coefficient (Wildman–Crippen LogP) is 5.35. The van der Waals surface area contributed by atoms with Crippen molar-refractivity contribution in [3.05, 3.63) is 108 Å². The number of amides is 3. The van der Waals surface area contributed by atoms with Gasteiger partial charge in [0.05, 0.1) is 17.8 Å². The van der Waals surface area contributed by atoms with Crippen molar-refractivity contribution in [1.82, 2.24) is 10.3 Å². The smallest absolute Gasteiger partial charge is 0.404 e. The standard InChI is InChI=1S/C24H27N3O3.C8H9NO2/c28-22(27-21-13-7-11-20-12-8-16-26-24(20)21)14-5-2-6-15-25-23(29)18-30-17-19-9-3-1-4-10-19;9-8(10)11-6-7-4-2-1-3-5-7/h1,3-4,7-13,16H,2,5-6,14-15,17-18H2,(H,25,29)(H,27,28);1-5H,6H2,(H2,9,10). The van der Waals surface area contributed by atoms with Crippen LogP contribution >= 0.6 is 0 Å². The van der Waals surface area contributed by atoms with E-state index in [-0.39, 0.29) is 25.0 Å². The van der Waals surface area contributed by atoms with Crippen molar-refractivity contribution in [2.45, 2.75) is 38.9 Å². The molecule has 0 unspecified atom stereocenters. The predicted molar refractivity (Wildman–Crippen MR) is 159 cm³/mol. The molecule has 4 rings (SSSR count). The van der Waals surface area contributed by atoms with Gasteiger partial charge in [-0.1, -0.05) is 85.3 Å². The molecule has 0 saturated carbocycles. The number of hydrogen-bond acceptors (Lipinski definition) is 6. The van der Waals surface area contributed by atoms with Crippen LogP contribution < -0.4 is 16.4 Å². The van der Waals surface area contributed by atoms with E-state index in [2.05, 4.69) is 20.4 Å². The van der Waals surface area contributed by atoms with Gasteiger partial charge in [0, 0.05) is 24.5 Å². The van der Waals surface area contributed by atoms with Crippen LogP contribution in [0.15, 0.2) is 97.2 Å². The van der Waals surface area contributed by atoms with Gasteiger partial charge in [0.2, 0.25) is 11.8 Å². The second-order valence-electron chi connectivity index (χ2n) is 9.16. The number of hydrogen-bond donors (Lipinski definition) is 3. The average molecular weight is 557 g/mol. The fraction of sp³-hybridized carbons (Fsp3) is 0.250. The zero-order valence-electron chi connectivity index (χ0n) is 23.0. The van der Waals surface area contributed by atoms with Gasteiger partial charge >= 0.3 is 6.09 Å². The van der Waals surface area contributed by atoms with Gasteiger partial charge in [0.25, 0.3) is 0 Å². The van der Waals surface area contributed by atoms with E-state index in [1.54, 1.807) is 6.20 Å². The molecular weight excluding hydrogens is 520 g/mol. The summed E-state index contributed by atoms with van der Waals surface area (Å²) in [5, 5.41) is 6.79. The molecule has 0 aliphatic heterocycles.